The van der Waals surface area contributed by atoms with Crippen molar-refractivity contribution in [1.82, 2.24) is 14.6 Å². The topological polar surface area (TPSA) is 56.5 Å². The molecule has 0 saturated carbocycles. The van der Waals surface area contributed by atoms with E-state index in [1.54, 1.807) is 6.07 Å². The molecule has 0 N–H and O–H groups in total. The third kappa shape index (κ3) is 2.22. The van der Waals surface area contributed by atoms with Crippen LogP contribution in [-0.2, 0) is 4.74 Å². The molecule has 3 rings (SSSR count). The highest BCUT2D eigenvalue weighted by molar-refractivity contribution is 5.89. The zero-order valence-corrected chi connectivity index (χ0v) is 10.9. The van der Waals surface area contributed by atoms with Gasteiger partial charge in [-0.3, -0.25) is 4.40 Å². The third-order valence-corrected chi connectivity index (χ3v) is 3.00. The Kier molecular flexibility index (Phi) is 3.09. The SMILES string of the molecule is COC(=O)c1ccc2nnc(-c3ccc(F)cc3F)n2c1. The van der Waals surface area contributed by atoms with Crippen LogP contribution in [0.4, 0.5) is 8.78 Å². The Morgan fingerprint density at radius 3 is 2.71 bits per heavy atom. The summed E-state index contributed by atoms with van der Waals surface area (Å²) in [7, 11) is 1.26. The summed E-state index contributed by atoms with van der Waals surface area (Å²) in [6.45, 7) is 0. The van der Waals surface area contributed by atoms with Crippen LogP contribution in [0, 0.1) is 11.6 Å². The summed E-state index contributed by atoms with van der Waals surface area (Å²) in [5, 5.41) is 7.77. The molecule has 1 aromatic carbocycles. The van der Waals surface area contributed by atoms with E-state index in [0.29, 0.717) is 5.65 Å². The lowest BCUT2D eigenvalue weighted by atomic mass is 10.2. The van der Waals surface area contributed by atoms with Gasteiger partial charge in [0.15, 0.2) is 11.5 Å². The second-order valence-corrected chi connectivity index (χ2v) is 4.29. The number of carbonyl (C=O) groups excluding carboxylic acids is 1. The molecule has 0 spiro atoms. The van der Waals surface area contributed by atoms with Gasteiger partial charge in [-0.15, -0.1) is 10.2 Å². The van der Waals surface area contributed by atoms with Crippen LogP contribution >= 0.6 is 0 Å². The van der Waals surface area contributed by atoms with Gasteiger partial charge in [-0.1, -0.05) is 0 Å². The maximum Gasteiger partial charge on any atom is 0.339 e. The maximum atomic E-state index is 13.9. The summed E-state index contributed by atoms with van der Waals surface area (Å²) in [5.74, 6) is -1.79. The standard InChI is InChI=1S/C14H9F2N3O2/c1-21-14(20)8-2-5-12-17-18-13(19(12)7-8)10-4-3-9(15)6-11(10)16/h2-7H,1H3. The van der Waals surface area contributed by atoms with Gasteiger partial charge in [0.1, 0.15) is 11.6 Å². The smallest absolute Gasteiger partial charge is 0.339 e. The van der Waals surface area contributed by atoms with E-state index in [1.807, 2.05) is 0 Å². The Balaban J connectivity index is 2.20. The highest BCUT2D eigenvalue weighted by atomic mass is 19.1. The van der Waals surface area contributed by atoms with E-state index in [4.69, 9.17) is 0 Å². The van der Waals surface area contributed by atoms with E-state index in [0.717, 1.165) is 12.1 Å². The molecular weight excluding hydrogens is 280 g/mol. The minimum atomic E-state index is -0.757. The van der Waals surface area contributed by atoms with Crippen LogP contribution in [0.1, 0.15) is 10.4 Å². The van der Waals surface area contributed by atoms with Crippen molar-refractivity contribution < 1.29 is 18.3 Å². The number of carbonyl (C=O) groups is 1. The number of hydrogen-bond donors (Lipinski definition) is 0. The Morgan fingerprint density at radius 2 is 2.00 bits per heavy atom. The highest BCUT2D eigenvalue weighted by Gasteiger charge is 2.15. The van der Waals surface area contributed by atoms with Crippen LogP contribution in [0.2, 0.25) is 0 Å². The quantitative estimate of drug-likeness (QED) is 0.680. The first kappa shape index (κ1) is 13.2. The molecule has 0 bridgehead atoms. The van der Waals surface area contributed by atoms with Crippen molar-refractivity contribution in [2.45, 2.75) is 0 Å². The normalized spacial score (nSPS) is 10.8. The first-order chi connectivity index (χ1) is 10.1. The molecule has 0 unspecified atom stereocenters. The molecule has 2 heterocycles. The first-order valence-electron chi connectivity index (χ1n) is 5.98. The number of pyridine rings is 1. The van der Waals surface area contributed by atoms with Crippen molar-refractivity contribution in [3.8, 4) is 11.4 Å². The lowest BCUT2D eigenvalue weighted by Gasteiger charge is -2.04. The number of hydrogen-bond acceptors (Lipinski definition) is 4. The Bertz CT molecular complexity index is 845. The van der Waals surface area contributed by atoms with Gasteiger partial charge in [0.2, 0.25) is 0 Å². The van der Waals surface area contributed by atoms with E-state index >= 15 is 0 Å². The largest absolute Gasteiger partial charge is 0.465 e. The second kappa shape index (κ2) is 4.93. The number of rotatable bonds is 2. The summed E-state index contributed by atoms with van der Waals surface area (Å²) in [6.07, 6.45) is 1.44. The molecule has 0 aliphatic rings. The van der Waals surface area contributed by atoms with Crippen molar-refractivity contribution in [2.75, 3.05) is 7.11 Å². The van der Waals surface area contributed by atoms with E-state index < -0.39 is 17.6 Å². The number of nitrogens with zero attached hydrogens (tertiary/aromatic N) is 3. The Labute approximate surface area is 117 Å². The molecule has 0 aliphatic heterocycles. The molecule has 106 valence electrons. The molecule has 0 saturated heterocycles. The van der Waals surface area contributed by atoms with Gasteiger partial charge in [0.25, 0.3) is 0 Å². The lowest BCUT2D eigenvalue weighted by Crippen LogP contribution is -2.03. The summed E-state index contributed by atoms with van der Waals surface area (Å²) in [4.78, 5) is 11.5. The van der Waals surface area contributed by atoms with Crippen LogP contribution in [-0.4, -0.2) is 27.7 Å². The average molecular weight is 289 g/mol. The van der Waals surface area contributed by atoms with Crippen LogP contribution in [0.3, 0.4) is 0 Å². The zero-order valence-electron chi connectivity index (χ0n) is 10.9. The molecule has 0 radical (unpaired) electrons. The summed E-state index contributed by atoms with van der Waals surface area (Å²) < 4.78 is 32.9. The van der Waals surface area contributed by atoms with Gasteiger partial charge < -0.3 is 4.74 Å². The Morgan fingerprint density at radius 1 is 1.19 bits per heavy atom. The van der Waals surface area contributed by atoms with Gasteiger partial charge in [-0.2, -0.15) is 0 Å². The van der Waals surface area contributed by atoms with Crippen LogP contribution in [0.15, 0.2) is 36.5 Å². The molecule has 0 amide bonds. The molecule has 0 aliphatic carbocycles. The number of aromatic nitrogens is 3. The fourth-order valence-corrected chi connectivity index (χ4v) is 1.98. The van der Waals surface area contributed by atoms with Gasteiger partial charge >= 0.3 is 5.97 Å². The predicted octanol–water partition coefficient (Wildman–Crippen LogP) is 2.46. The Hall–Kier alpha value is -2.83. The third-order valence-electron chi connectivity index (χ3n) is 3.00. The van der Waals surface area contributed by atoms with Crippen LogP contribution in [0.5, 0.6) is 0 Å². The van der Waals surface area contributed by atoms with Gasteiger partial charge in [-0.05, 0) is 24.3 Å². The molecule has 0 fully saturated rings. The monoisotopic (exact) mass is 289 g/mol. The first-order valence-corrected chi connectivity index (χ1v) is 5.98. The number of benzene rings is 1. The molecule has 3 aromatic rings. The fraction of sp³-hybridized carbons (Fsp3) is 0.0714. The van der Waals surface area contributed by atoms with Gasteiger partial charge in [-0.25, -0.2) is 13.6 Å². The summed E-state index contributed by atoms with van der Waals surface area (Å²) in [6, 6.07) is 6.25. The van der Waals surface area contributed by atoms with Crippen molar-refractivity contribution in [3.05, 3.63) is 53.7 Å². The highest BCUT2D eigenvalue weighted by Crippen LogP contribution is 2.22. The summed E-state index contributed by atoms with van der Waals surface area (Å²) in [5.41, 5.74) is 0.792. The van der Waals surface area contributed by atoms with Crippen molar-refractivity contribution >= 4 is 11.6 Å². The van der Waals surface area contributed by atoms with Crippen molar-refractivity contribution in [1.29, 1.82) is 0 Å². The number of fused-ring (bicyclic) bond motifs is 1. The predicted molar refractivity (Wildman–Crippen MR) is 69.7 cm³/mol. The van der Waals surface area contributed by atoms with E-state index in [-0.39, 0.29) is 17.0 Å². The maximum absolute atomic E-state index is 13.9. The van der Waals surface area contributed by atoms with Gasteiger partial charge in [0, 0.05) is 12.3 Å². The van der Waals surface area contributed by atoms with Gasteiger partial charge in [0.05, 0.1) is 18.2 Å². The molecule has 21 heavy (non-hydrogen) atoms. The van der Waals surface area contributed by atoms with E-state index in [9.17, 15) is 13.6 Å². The van der Waals surface area contributed by atoms with Crippen LogP contribution < -0.4 is 0 Å². The number of halogens is 2. The molecule has 5 nitrogen and oxygen atoms in total. The van der Waals surface area contributed by atoms with E-state index in [1.165, 1.54) is 29.8 Å². The molecular formula is C14H9F2N3O2. The zero-order chi connectivity index (χ0) is 15.0. The number of esters is 1. The number of methoxy groups -OCH3 is 1. The van der Waals surface area contributed by atoms with Crippen LogP contribution in [0.25, 0.3) is 17.0 Å². The van der Waals surface area contributed by atoms with Crippen molar-refractivity contribution in [2.24, 2.45) is 0 Å². The molecule has 2 aromatic heterocycles. The molecule has 7 heteroatoms. The minimum Gasteiger partial charge on any atom is -0.465 e. The molecule has 0 atom stereocenters. The number of ether oxygens (including phenoxy) is 1. The average Bonchev–Trinajstić information content (AvgIpc) is 2.89. The fourth-order valence-electron chi connectivity index (χ4n) is 1.98. The van der Waals surface area contributed by atoms with Crippen molar-refractivity contribution in [3.63, 3.8) is 0 Å². The minimum absolute atomic E-state index is 0.0888. The summed E-state index contributed by atoms with van der Waals surface area (Å²) >= 11 is 0. The lowest BCUT2D eigenvalue weighted by molar-refractivity contribution is 0.0600. The van der Waals surface area contributed by atoms with E-state index in [2.05, 4.69) is 14.9 Å². The second-order valence-electron chi connectivity index (χ2n) is 4.29.